The highest BCUT2D eigenvalue weighted by molar-refractivity contribution is 5.80. The van der Waals surface area contributed by atoms with Crippen molar-refractivity contribution in [1.82, 2.24) is 9.97 Å². The van der Waals surface area contributed by atoms with Crippen LogP contribution in [0.25, 0.3) is 21.8 Å². The summed E-state index contributed by atoms with van der Waals surface area (Å²) in [6.45, 7) is 0. The standard InChI is InChI=1S/C26H24N2/c1-3-10-25-21(8-1)17-23(27-25)14-12-19-6-5-7-20(16-19)13-15-24-18-22-9-2-4-11-26(22)28-24/h1-11,16-18,27-28H,12-15H2. The summed E-state index contributed by atoms with van der Waals surface area (Å²) in [6.07, 6.45) is 4.21. The van der Waals surface area contributed by atoms with Crippen LogP contribution in [-0.4, -0.2) is 9.97 Å². The van der Waals surface area contributed by atoms with E-state index in [1.165, 1.54) is 44.3 Å². The quantitative estimate of drug-likeness (QED) is 0.358. The molecule has 0 saturated carbocycles. The zero-order valence-electron chi connectivity index (χ0n) is 15.9. The van der Waals surface area contributed by atoms with E-state index in [1.807, 2.05) is 0 Å². The number of aromatic nitrogens is 2. The molecule has 0 spiro atoms. The van der Waals surface area contributed by atoms with Gasteiger partial charge in [-0.3, -0.25) is 0 Å². The third-order valence-electron chi connectivity index (χ3n) is 5.53. The Morgan fingerprint density at radius 2 is 0.964 bits per heavy atom. The second-order valence-electron chi connectivity index (χ2n) is 7.58. The SMILES string of the molecule is c1cc(CCc2cc3ccccc3[nH]2)cc(CCc2cc3ccccc3[nH]2)c1. The lowest BCUT2D eigenvalue weighted by Crippen LogP contribution is -1.95. The highest BCUT2D eigenvalue weighted by Crippen LogP contribution is 2.18. The molecule has 138 valence electrons. The highest BCUT2D eigenvalue weighted by atomic mass is 14.7. The van der Waals surface area contributed by atoms with Gasteiger partial charge in [0.25, 0.3) is 0 Å². The van der Waals surface area contributed by atoms with Crippen LogP contribution in [0.4, 0.5) is 0 Å². The lowest BCUT2D eigenvalue weighted by Gasteiger charge is -2.05. The zero-order valence-corrected chi connectivity index (χ0v) is 15.9. The van der Waals surface area contributed by atoms with E-state index < -0.39 is 0 Å². The number of hydrogen-bond acceptors (Lipinski definition) is 0. The van der Waals surface area contributed by atoms with Crippen molar-refractivity contribution in [2.75, 3.05) is 0 Å². The molecule has 0 aliphatic heterocycles. The summed E-state index contributed by atoms with van der Waals surface area (Å²) in [4.78, 5) is 7.07. The van der Waals surface area contributed by atoms with Gasteiger partial charge in [0.1, 0.15) is 0 Å². The van der Waals surface area contributed by atoms with Crippen LogP contribution in [0.3, 0.4) is 0 Å². The number of nitrogens with one attached hydrogen (secondary N) is 2. The first kappa shape index (κ1) is 16.9. The largest absolute Gasteiger partial charge is 0.358 e. The van der Waals surface area contributed by atoms with E-state index in [0.29, 0.717) is 0 Å². The number of aryl methyl sites for hydroxylation is 4. The van der Waals surface area contributed by atoms with E-state index in [2.05, 4.69) is 94.9 Å². The Morgan fingerprint density at radius 3 is 1.46 bits per heavy atom. The number of hydrogen-bond donors (Lipinski definition) is 2. The van der Waals surface area contributed by atoms with Crippen molar-refractivity contribution in [2.45, 2.75) is 25.7 Å². The summed E-state index contributed by atoms with van der Waals surface area (Å²) < 4.78 is 0. The fourth-order valence-corrected chi connectivity index (χ4v) is 4.03. The van der Waals surface area contributed by atoms with Crippen molar-refractivity contribution in [3.8, 4) is 0 Å². The lowest BCUT2D eigenvalue weighted by molar-refractivity contribution is 0.905. The van der Waals surface area contributed by atoms with Gasteiger partial charge in [-0.25, -0.2) is 0 Å². The van der Waals surface area contributed by atoms with Gasteiger partial charge in [0.2, 0.25) is 0 Å². The molecule has 0 atom stereocenters. The summed E-state index contributed by atoms with van der Waals surface area (Å²) in [5, 5.41) is 2.59. The average Bonchev–Trinajstić information content (AvgIpc) is 3.34. The maximum atomic E-state index is 3.54. The molecule has 2 heteroatoms. The minimum atomic E-state index is 1.04. The first-order chi connectivity index (χ1) is 13.8. The van der Waals surface area contributed by atoms with Crippen molar-refractivity contribution in [1.29, 1.82) is 0 Å². The van der Waals surface area contributed by atoms with Gasteiger partial charge in [0.05, 0.1) is 0 Å². The molecule has 0 saturated heterocycles. The highest BCUT2D eigenvalue weighted by Gasteiger charge is 2.04. The van der Waals surface area contributed by atoms with Crippen molar-refractivity contribution in [3.63, 3.8) is 0 Å². The molecule has 0 aliphatic rings. The molecule has 0 fully saturated rings. The van der Waals surface area contributed by atoms with Gasteiger partial charge in [0.15, 0.2) is 0 Å². The molecule has 3 aromatic carbocycles. The number of benzene rings is 3. The molecule has 0 aliphatic carbocycles. The molecule has 0 amide bonds. The average molecular weight is 364 g/mol. The molecule has 28 heavy (non-hydrogen) atoms. The Labute approximate surface area is 165 Å². The van der Waals surface area contributed by atoms with E-state index in [-0.39, 0.29) is 0 Å². The van der Waals surface area contributed by atoms with Gasteiger partial charge < -0.3 is 9.97 Å². The van der Waals surface area contributed by atoms with E-state index in [9.17, 15) is 0 Å². The maximum absolute atomic E-state index is 3.54. The van der Waals surface area contributed by atoms with Gasteiger partial charge in [-0.1, -0.05) is 60.7 Å². The Kier molecular flexibility index (Phi) is 4.46. The molecule has 0 bridgehead atoms. The zero-order chi connectivity index (χ0) is 18.8. The molecule has 2 N–H and O–H groups in total. The van der Waals surface area contributed by atoms with Crippen molar-refractivity contribution < 1.29 is 0 Å². The summed E-state index contributed by atoms with van der Waals surface area (Å²) in [5.41, 5.74) is 7.89. The fraction of sp³-hybridized carbons (Fsp3) is 0.154. The van der Waals surface area contributed by atoms with Crippen LogP contribution in [0.5, 0.6) is 0 Å². The first-order valence-electron chi connectivity index (χ1n) is 10.0. The molecular weight excluding hydrogens is 340 g/mol. The summed E-state index contributed by atoms with van der Waals surface area (Å²) in [6, 6.07) is 30.6. The summed E-state index contributed by atoms with van der Waals surface area (Å²) in [7, 11) is 0. The van der Waals surface area contributed by atoms with Crippen molar-refractivity contribution in [3.05, 3.63) is 107 Å². The number of rotatable bonds is 6. The summed E-state index contributed by atoms with van der Waals surface area (Å²) >= 11 is 0. The van der Waals surface area contributed by atoms with Crippen LogP contribution in [0, 0.1) is 0 Å². The normalized spacial score (nSPS) is 11.4. The van der Waals surface area contributed by atoms with E-state index in [4.69, 9.17) is 0 Å². The number of para-hydroxylation sites is 2. The van der Waals surface area contributed by atoms with Crippen LogP contribution in [0.2, 0.25) is 0 Å². The van der Waals surface area contributed by atoms with E-state index in [1.54, 1.807) is 0 Å². The smallest absolute Gasteiger partial charge is 0.0456 e. The molecule has 5 aromatic rings. The minimum absolute atomic E-state index is 1.04. The third kappa shape index (κ3) is 3.59. The van der Waals surface area contributed by atoms with Crippen molar-refractivity contribution in [2.24, 2.45) is 0 Å². The Bertz CT molecular complexity index is 1070. The van der Waals surface area contributed by atoms with Gasteiger partial charge in [-0.2, -0.15) is 0 Å². The predicted octanol–water partition coefficient (Wildman–Crippen LogP) is 6.22. The topological polar surface area (TPSA) is 31.6 Å². The van der Waals surface area contributed by atoms with Gasteiger partial charge in [-0.15, -0.1) is 0 Å². The van der Waals surface area contributed by atoms with Gasteiger partial charge >= 0.3 is 0 Å². The molecule has 5 rings (SSSR count). The number of H-pyrrole nitrogens is 2. The Balaban J connectivity index is 1.24. The van der Waals surface area contributed by atoms with Crippen LogP contribution in [0.15, 0.2) is 84.9 Å². The molecule has 2 heterocycles. The van der Waals surface area contributed by atoms with Crippen LogP contribution in [0.1, 0.15) is 22.5 Å². The Hall–Kier alpha value is -3.26. The van der Waals surface area contributed by atoms with Crippen LogP contribution >= 0.6 is 0 Å². The monoisotopic (exact) mass is 364 g/mol. The molecule has 0 unspecified atom stereocenters. The molecule has 2 aromatic heterocycles. The van der Waals surface area contributed by atoms with Crippen LogP contribution < -0.4 is 0 Å². The van der Waals surface area contributed by atoms with Crippen LogP contribution in [-0.2, 0) is 25.7 Å². The Morgan fingerprint density at radius 1 is 0.464 bits per heavy atom. The number of fused-ring (bicyclic) bond motifs is 2. The summed E-state index contributed by atoms with van der Waals surface area (Å²) in [5.74, 6) is 0. The van der Waals surface area contributed by atoms with Gasteiger partial charge in [0, 0.05) is 22.4 Å². The second-order valence-corrected chi connectivity index (χ2v) is 7.58. The third-order valence-corrected chi connectivity index (χ3v) is 5.53. The second kappa shape index (κ2) is 7.40. The van der Waals surface area contributed by atoms with Crippen molar-refractivity contribution >= 4 is 21.8 Å². The molecule has 2 nitrogen and oxygen atoms in total. The predicted molar refractivity (Wildman–Crippen MR) is 118 cm³/mol. The molecular formula is C26H24N2. The fourth-order valence-electron chi connectivity index (χ4n) is 4.03. The maximum Gasteiger partial charge on any atom is 0.0456 e. The van der Waals surface area contributed by atoms with E-state index >= 15 is 0 Å². The number of aromatic amines is 2. The lowest BCUT2D eigenvalue weighted by atomic mass is 10.0. The van der Waals surface area contributed by atoms with Gasteiger partial charge in [-0.05, 0) is 71.8 Å². The minimum Gasteiger partial charge on any atom is -0.358 e. The van der Waals surface area contributed by atoms with E-state index in [0.717, 1.165) is 25.7 Å². The first-order valence-corrected chi connectivity index (χ1v) is 10.0. The molecule has 0 radical (unpaired) electrons.